The third kappa shape index (κ3) is 5.01. The highest BCUT2D eigenvalue weighted by Crippen LogP contribution is 2.50. The molecule has 1 aliphatic carbocycles. The zero-order chi connectivity index (χ0) is 11.5. The molecule has 1 fully saturated rings. The van der Waals surface area contributed by atoms with Crippen molar-refractivity contribution in [1.82, 2.24) is 5.32 Å². The lowest BCUT2D eigenvalue weighted by Gasteiger charge is -2.26. The lowest BCUT2D eigenvalue weighted by atomic mass is 9.89. The third-order valence-electron chi connectivity index (χ3n) is 3.51. The Labute approximate surface area is 96.0 Å². The molecule has 1 rings (SSSR count). The Morgan fingerprint density at radius 2 is 1.87 bits per heavy atom. The van der Waals surface area contributed by atoms with Gasteiger partial charge in [-0.15, -0.1) is 0 Å². The van der Waals surface area contributed by atoms with Crippen molar-refractivity contribution in [3.05, 3.63) is 0 Å². The van der Waals surface area contributed by atoms with Gasteiger partial charge in [0.15, 0.2) is 0 Å². The van der Waals surface area contributed by atoms with E-state index in [1.807, 2.05) is 0 Å². The van der Waals surface area contributed by atoms with E-state index in [0.717, 1.165) is 5.92 Å². The van der Waals surface area contributed by atoms with Crippen LogP contribution in [-0.2, 0) is 0 Å². The summed E-state index contributed by atoms with van der Waals surface area (Å²) in [6.07, 6.45) is 7.07. The normalized spacial score (nSPS) is 21.4. The van der Waals surface area contributed by atoms with Gasteiger partial charge in [0.05, 0.1) is 0 Å². The highest BCUT2D eigenvalue weighted by atomic mass is 15.0. The largest absolute Gasteiger partial charge is 0.312 e. The van der Waals surface area contributed by atoms with E-state index in [1.165, 1.54) is 38.6 Å². The van der Waals surface area contributed by atoms with E-state index >= 15 is 0 Å². The molecular formula is C14H29N. The Morgan fingerprint density at radius 3 is 2.27 bits per heavy atom. The van der Waals surface area contributed by atoms with Gasteiger partial charge in [0.2, 0.25) is 0 Å². The van der Waals surface area contributed by atoms with Crippen molar-refractivity contribution in [1.29, 1.82) is 0 Å². The maximum atomic E-state index is 3.67. The SMILES string of the molecule is CCCC(C)CC1(CNC(C)(C)C)CC1. The molecule has 90 valence electrons. The van der Waals surface area contributed by atoms with E-state index in [9.17, 15) is 0 Å². The summed E-state index contributed by atoms with van der Waals surface area (Å²) in [4.78, 5) is 0. The van der Waals surface area contributed by atoms with Gasteiger partial charge in [0.25, 0.3) is 0 Å². The molecule has 1 unspecified atom stereocenters. The highest BCUT2D eigenvalue weighted by Gasteiger charge is 2.43. The van der Waals surface area contributed by atoms with Crippen molar-refractivity contribution < 1.29 is 0 Å². The van der Waals surface area contributed by atoms with Crippen LogP contribution in [0.5, 0.6) is 0 Å². The molecule has 1 N–H and O–H groups in total. The van der Waals surface area contributed by atoms with Gasteiger partial charge in [-0.3, -0.25) is 0 Å². The Kier molecular flexibility index (Phi) is 4.22. The molecule has 1 nitrogen and oxygen atoms in total. The van der Waals surface area contributed by atoms with Crippen molar-refractivity contribution in [3.63, 3.8) is 0 Å². The predicted molar refractivity (Wildman–Crippen MR) is 68.1 cm³/mol. The molecule has 0 saturated heterocycles. The van der Waals surface area contributed by atoms with E-state index in [-0.39, 0.29) is 5.54 Å². The topological polar surface area (TPSA) is 12.0 Å². The van der Waals surface area contributed by atoms with Gasteiger partial charge in [0.1, 0.15) is 0 Å². The molecule has 15 heavy (non-hydrogen) atoms. The molecule has 0 aromatic heterocycles. The third-order valence-corrected chi connectivity index (χ3v) is 3.51. The van der Waals surface area contributed by atoms with E-state index in [4.69, 9.17) is 0 Å². The molecule has 0 bridgehead atoms. The van der Waals surface area contributed by atoms with E-state index in [0.29, 0.717) is 5.41 Å². The van der Waals surface area contributed by atoms with E-state index < -0.39 is 0 Å². The Bertz CT molecular complexity index is 186. The van der Waals surface area contributed by atoms with Gasteiger partial charge >= 0.3 is 0 Å². The number of nitrogens with one attached hydrogen (secondary N) is 1. The van der Waals surface area contributed by atoms with Crippen LogP contribution in [0.3, 0.4) is 0 Å². The summed E-state index contributed by atoms with van der Waals surface area (Å²) in [6, 6.07) is 0. The van der Waals surface area contributed by atoms with Gasteiger partial charge in [-0.1, -0.05) is 26.7 Å². The van der Waals surface area contributed by atoms with Crippen molar-refractivity contribution in [2.45, 2.75) is 72.3 Å². The Morgan fingerprint density at radius 1 is 1.27 bits per heavy atom. The molecule has 0 aromatic carbocycles. The maximum Gasteiger partial charge on any atom is 0.00967 e. The van der Waals surface area contributed by atoms with Crippen LogP contribution >= 0.6 is 0 Å². The summed E-state index contributed by atoms with van der Waals surface area (Å²) in [5, 5.41) is 3.67. The molecule has 0 aromatic rings. The number of hydrogen-bond acceptors (Lipinski definition) is 1. The minimum absolute atomic E-state index is 0.281. The van der Waals surface area contributed by atoms with E-state index in [1.54, 1.807) is 0 Å². The fourth-order valence-corrected chi connectivity index (χ4v) is 2.42. The minimum Gasteiger partial charge on any atom is -0.312 e. The smallest absolute Gasteiger partial charge is 0.00967 e. The fraction of sp³-hybridized carbons (Fsp3) is 1.00. The fourth-order valence-electron chi connectivity index (χ4n) is 2.42. The number of hydrogen-bond donors (Lipinski definition) is 1. The molecule has 1 saturated carbocycles. The Hall–Kier alpha value is -0.0400. The van der Waals surface area contributed by atoms with Gasteiger partial charge in [-0.05, 0) is 51.4 Å². The zero-order valence-electron chi connectivity index (χ0n) is 11.3. The second-order valence-electron chi connectivity index (χ2n) is 6.70. The first-order valence-electron chi connectivity index (χ1n) is 6.62. The quantitative estimate of drug-likeness (QED) is 0.700. The predicted octanol–water partition coefficient (Wildman–Crippen LogP) is 3.98. The van der Waals surface area contributed by atoms with Crippen molar-refractivity contribution in [2.75, 3.05) is 6.54 Å². The van der Waals surface area contributed by atoms with Gasteiger partial charge < -0.3 is 5.32 Å². The minimum atomic E-state index is 0.281. The molecular weight excluding hydrogens is 182 g/mol. The van der Waals surface area contributed by atoms with Crippen LogP contribution in [-0.4, -0.2) is 12.1 Å². The van der Waals surface area contributed by atoms with Crippen LogP contribution in [0.25, 0.3) is 0 Å². The Balaban J connectivity index is 2.27. The second kappa shape index (κ2) is 4.86. The van der Waals surface area contributed by atoms with Crippen LogP contribution in [0.1, 0.15) is 66.7 Å². The summed E-state index contributed by atoms with van der Waals surface area (Å²) in [5.41, 5.74) is 0.950. The average molecular weight is 211 g/mol. The van der Waals surface area contributed by atoms with Crippen LogP contribution in [0, 0.1) is 11.3 Å². The van der Waals surface area contributed by atoms with Crippen molar-refractivity contribution in [3.8, 4) is 0 Å². The van der Waals surface area contributed by atoms with Crippen LogP contribution < -0.4 is 5.32 Å². The molecule has 0 aliphatic heterocycles. The van der Waals surface area contributed by atoms with Crippen LogP contribution in [0.2, 0.25) is 0 Å². The van der Waals surface area contributed by atoms with Gasteiger partial charge in [0, 0.05) is 12.1 Å². The van der Waals surface area contributed by atoms with Crippen LogP contribution in [0.15, 0.2) is 0 Å². The van der Waals surface area contributed by atoms with Gasteiger partial charge in [-0.25, -0.2) is 0 Å². The standard InChI is InChI=1S/C14H29N/c1-6-7-12(2)10-14(8-9-14)11-15-13(3,4)5/h12,15H,6-11H2,1-5H3. The monoisotopic (exact) mass is 211 g/mol. The molecule has 0 heterocycles. The second-order valence-corrected chi connectivity index (χ2v) is 6.70. The molecule has 1 atom stereocenters. The molecule has 0 amide bonds. The first-order chi connectivity index (χ1) is 6.87. The van der Waals surface area contributed by atoms with Gasteiger partial charge in [-0.2, -0.15) is 0 Å². The first-order valence-corrected chi connectivity index (χ1v) is 6.62. The summed E-state index contributed by atoms with van der Waals surface area (Å²) in [6.45, 7) is 12.7. The summed E-state index contributed by atoms with van der Waals surface area (Å²) < 4.78 is 0. The molecule has 0 spiro atoms. The van der Waals surface area contributed by atoms with Crippen molar-refractivity contribution in [2.24, 2.45) is 11.3 Å². The first kappa shape index (κ1) is 13.0. The lowest BCUT2D eigenvalue weighted by molar-refractivity contribution is 0.301. The summed E-state index contributed by atoms with van der Waals surface area (Å²) in [7, 11) is 0. The highest BCUT2D eigenvalue weighted by molar-refractivity contribution is 4.96. The van der Waals surface area contributed by atoms with Crippen LogP contribution in [0.4, 0.5) is 0 Å². The maximum absolute atomic E-state index is 3.67. The lowest BCUT2D eigenvalue weighted by Crippen LogP contribution is -2.40. The number of rotatable bonds is 6. The zero-order valence-corrected chi connectivity index (χ0v) is 11.3. The van der Waals surface area contributed by atoms with Crippen molar-refractivity contribution >= 4 is 0 Å². The van der Waals surface area contributed by atoms with E-state index in [2.05, 4.69) is 39.9 Å². The molecule has 1 aliphatic rings. The average Bonchev–Trinajstić information content (AvgIpc) is 2.81. The molecule has 0 radical (unpaired) electrons. The molecule has 1 heteroatoms. The summed E-state index contributed by atoms with van der Waals surface area (Å²) >= 11 is 0. The summed E-state index contributed by atoms with van der Waals surface area (Å²) in [5.74, 6) is 0.916.